The molecule has 0 saturated heterocycles. The van der Waals surface area contributed by atoms with Crippen LogP contribution in [0.25, 0.3) is 0 Å². The quantitative estimate of drug-likeness (QED) is 0.0222. The van der Waals surface area contributed by atoms with Gasteiger partial charge in [0.15, 0.2) is 12.2 Å². The van der Waals surface area contributed by atoms with E-state index >= 15 is 0 Å². The van der Waals surface area contributed by atoms with Gasteiger partial charge >= 0.3 is 39.5 Å². The molecule has 3 unspecified atom stereocenters. The third kappa shape index (κ3) is 76.6. The summed E-state index contributed by atoms with van der Waals surface area (Å²) in [6.07, 6.45) is 69.4. The summed E-state index contributed by atoms with van der Waals surface area (Å²) >= 11 is 0. The summed E-state index contributed by atoms with van der Waals surface area (Å²) in [5.74, 6) is -1.25. The van der Waals surface area contributed by atoms with Gasteiger partial charge in [0, 0.05) is 25.7 Å². The SMILES string of the molecule is CCCCCCCCCCCCCCCCCCCCCCCC(=O)O[C@H](COC(=O)CCCCCCCCCCCCCCCCC(C)CC)COP(=O)(O)OC[C@@H](O)COP(=O)(O)OC[C@@H](COC(=O)CCCCCCCCCCC)OC(=O)CCCCCCCCCCCCCCCCC. The van der Waals surface area contributed by atoms with Crippen LogP contribution < -0.4 is 0 Å². The molecule has 0 aromatic carbocycles. The first-order chi connectivity index (χ1) is 50.1. The first kappa shape index (κ1) is 101. The van der Waals surface area contributed by atoms with Crippen molar-refractivity contribution in [2.45, 2.75) is 470 Å². The van der Waals surface area contributed by atoms with Crippen molar-refractivity contribution in [1.82, 2.24) is 0 Å². The van der Waals surface area contributed by atoms with Crippen LogP contribution in [0.15, 0.2) is 0 Å². The maximum atomic E-state index is 13.1. The molecule has 0 amide bonds. The van der Waals surface area contributed by atoms with Crippen LogP contribution >= 0.6 is 15.6 Å². The highest BCUT2D eigenvalue weighted by Gasteiger charge is 2.30. The number of carbonyl (C=O) groups is 4. The Labute approximate surface area is 632 Å². The van der Waals surface area contributed by atoms with Gasteiger partial charge < -0.3 is 33.8 Å². The van der Waals surface area contributed by atoms with Crippen LogP contribution in [0.2, 0.25) is 0 Å². The molecule has 0 spiro atoms. The second kappa shape index (κ2) is 76.8. The van der Waals surface area contributed by atoms with Crippen molar-refractivity contribution in [3.63, 3.8) is 0 Å². The fourth-order valence-corrected chi connectivity index (χ4v) is 14.7. The molecule has 6 atom stereocenters. The van der Waals surface area contributed by atoms with E-state index in [0.29, 0.717) is 25.7 Å². The highest BCUT2D eigenvalue weighted by Crippen LogP contribution is 2.45. The number of ether oxygens (including phenoxy) is 4. The summed E-state index contributed by atoms with van der Waals surface area (Å²) in [6, 6.07) is 0. The van der Waals surface area contributed by atoms with Gasteiger partial charge in [0.05, 0.1) is 26.4 Å². The van der Waals surface area contributed by atoms with Crippen LogP contribution in [-0.4, -0.2) is 96.7 Å². The normalized spacial score (nSPS) is 14.1. The summed E-state index contributed by atoms with van der Waals surface area (Å²) in [5, 5.41) is 10.7. The Hall–Kier alpha value is -1.94. The number of phosphoric ester groups is 2. The zero-order valence-corrected chi connectivity index (χ0v) is 69.3. The molecule has 17 nitrogen and oxygen atoms in total. The van der Waals surface area contributed by atoms with E-state index in [4.69, 9.17) is 37.0 Å². The summed E-state index contributed by atoms with van der Waals surface area (Å²) in [5.41, 5.74) is 0. The van der Waals surface area contributed by atoms with E-state index in [-0.39, 0.29) is 25.7 Å². The zero-order chi connectivity index (χ0) is 75.5. The lowest BCUT2D eigenvalue weighted by atomic mass is 9.99. The number of phosphoric acid groups is 2. The predicted octanol–water partition coefficient (Wildman–Crippen LogP) is 25.6. The molecule has 0 aromatic rings. The molecule has 0 heterocycles. The molecule has 0 aliphatic rings. The molecule has 3 N–H and O–H groups in total. The van der Waals surface area contributed by atoms with E-state index in [9.17, 15) is 43.2 Å². The molecular weight excluding hydrogens is 1340 g/mol. The van der Waals surface area contributed by atoms with Crippen LogP contribution in [0.1, 0.15) is 452 Å². The highest BCUT2D eigenvalue weighted by molar-refractivity contribution is 7.47. The van der Waals surface area contributed by atoms with Gasteiger partial charge in [-0.2, -0.15) is 0 Å². The van der Waals surface area contributed by atoms with E-state index in [2.05, 4.69) is 34.6 Å². The minimum Gasteiger partial charge on any atom is -0.462 e. The molecule has 0 radical (unpaired) electrons. The van der Waals surface area contributed by atoms with E-state index < -0.39 is 97.5 Å². The van der Waals surface area contributed by atoms with Crippen LogP contribution in [0, 0.1) is 5.92 Å². The average Bonchev–Trinajstić information content (AvgIpc) is 0.968. The van der Waals surface area contributed by atoms with Crippen molar-refractivity contribution in [2.75, 3.05) is 39.6 Å². The Morgan fingerprint density at radius 3 is 0.689 bits per heavy atom. The fourth-order valence-electron chi connectivity index (χ4n) is 13.1. The fraction of sp³-hybridized carbons (Fsp3) is 0.952. The van der Waals surface area contributed by atoms with Crippen LogP contribution in [-0.2, 0) is 65.4 Å². The smallest absolute Gasteiger partial charge is 0.462 e. The van der Waals surface area contributed by atoms with Crippen molar-refractivity contribution in [3.05, 3.63) is 0 Å². The summed E-state index contributed by atoms with van der Waals surface area (Å²) in [6.45, 7) is 7.39. The van der Waals surface area contributed by atoms with E-state index in [0.717, 1.165) is 95.8 Å². The molecule has 0 rings (SSSR count). The lowest BCUT2D eigenvalue weighted by molar-refractivity contribution is -0.161. The van der Waals surface area contributed by atoms with Crippen molar-refractivity contribution in [3.8, 4) is 0 Å². The van der Waals surface area contributed by atoms with Crippen LogP contribution in [0.4, 0.5) is 0 Å². The van der Waals surface area contributed by atoms with Crippen LogP contribution in [0.3, 0.4) is 0 Å². The number of esters is 4. The largest absolute Gasteiger partial charge is 0.472 e. The Morgan fingerprint density at radius 2 is 0.466 bits per heavy atom. The Bertz CT molecular complexity index is 1960. The number of hydrogen-bond acceptors (Lipinski definition) is 15. The number of aliphatic hydroxyl groups excluding tert-OH is 1. The second-order valence-electron chi connectivity index (χ2n) is 30.5. The van der Waals surface area contributed by atoms with E-state index in [1.807, 2.05) is 0 Å². The second-order valence-corrected chi connectivity index (χ2v) is 33.4. The monoisotopic (exact) mass is 1510 g/mol. The molecule has 0 saturated carbocycles. The van der Waals surface area contributed by atoms with Crippen LogP contribution in [0.5, 0.6) is 0 Å². The predicted molar refractivity (Wildman–Crippen MR) is 423 cm³/mol. The number of hydrogen-bond donors (Lipinski definition) is 3. The summed E-state index contributed by atoms with van der Waals surface area (Å²) in [7, 11) is -9.92. The van der Waals surface area contributed by atoms with Crippen molar-refractivity contribution < 1.29 is 80.2 Å². The third-order valence-electron chi connectivity index (χ3n) is 20.1. The minimum absolute atomic E-state index is 0.109. The van der Waals surface area contributed by atoms with Crippen molar-refractivity contribution >= 4 is 39.5 Å². The highest BCUT2D eigenvalue weighted by atomic mass is 31.2. The maximum Gasteiger partial charge on any atom is 0.472 e. The molecule has 103 heavy (non-hydrogen) atoms. The lowest BCUT2D eigenvalue weighted by Crippen LogP contribution is -2.30. The molecule has 0 aliphatic carbocycles. The first-order valence-electron chi connectivity index (χ1n) is 43.7. The van der Waals surface area contributed by atoms with E-state index in [1.54, 1.807) is 0 Å². The van der Waals surface area contributed by atoms with Crippen molar-refractivity contribution in [2.24, 2.45) is 5.92 Å². The number of unbranched alkanes of at least 4 members (excludes halogenated alkanes) is 55. The van der Waals surface area contributed by atoms with Gasteiger partial charge in [0.1, 0.15) is 19.3 Å². The topological polar surface area (TPSA) is 237 Å². The Balaban J connectivity index is 5.21. The standard InChI is InChI=1S/C84H164O17P2/c1-6-10-13-16-19-22-24-26-28-29-30-31-32-33-35-41-45-50-55-60-65-70-84(89)101-80(74-95-82(87)68-63-58-53-48-43-39-37-36-38-42-47-51-56-61-66-77(5)9-4)76-99-103(92,93)97-72-78(85)71-96-102(90,91)98-75-79(73-94-81(86)67-62-57-52-46-21-18-15-12-8-3)100-83(88)69-64-59-54-49-44-40-34-27-25-23-20-17-14-11-7-2/h77-80,85H,6-76H2,1-5H3,(H,90,91)(H,92,93)/t77?,78-,79+,80+/m0/s1. The van der Waals surface area contributed by atoms with E-state index in [1.165, 1.54) is 276 Å². The summed E-state index contributed by atoms with van der Waals surface area (Å²) < 4.78 is 68.8. The first-order valence-corrected chi connectivity index (χ1v) is 46.7. The third-order valence-corrected chi connectivity index (χ3v) is 22.0. The number of carbonyl (C=O) groups excluding carboxylic acids is 4. The average molecular weight is 1510 g/mol. The maximum absolute atomic E-state index is 13.1. The molecule has 0 fully saturated rings. The molecule has 19 heteroatoms. The summed E-state index contributed by atoms with van der Waals surface area (Å²) in [4.78, 5) is 73.1. The molecule has 612 valence electrons. The molecular formula is C84H164O17P2. The van der Waals surface area contributed by atoms with Gasteiger partial charge in [0.2, 0.25) is 0 Å². The van der Waals surface area contributed by atoms with Gasteiger partial charge in [-0.3, -0.25) is 37.3 Å². The molecule has 0 aliphatic heterocycles. The van der Waals surface area contributed by atoms with Gasteiger partial charge in [-0.1, -0.05) is 401 Å². The number of aliphatic hydroxyl groups is 1. The van der Waals surface area contributed by atoms with Gasteiger partial charge in [0.25, 0.3) is 0 Å². The molecule has 0 aromatic heterocycles. The van der Waals surface area contributed by atoms with Gasteiger partial charge in [-0.15, -0.1) is 0 Å². The van der Waals surface area contributed by atoms with Gasteiger partial charge in [-0.05, 0) is 31.6 Å². The minimum atomic E-state index is -4.96. The molecule has 0 bridgehead atoms. The van der Waals surface area contributed by atoms with Crippen molar-refractivity contribution in [1.29, 1.82) is 0 Å². The zero-order valence-electron chi connectivity index (χ0n) is 67.5. The Morgan fingerprint density at radius 1 is 0.272 bits per heavy atom. The Kier molecular flexibility index (Phi) is 75.4. The van der Waals surface area contributed by atoms with Gasteiger partial charge in [-0.25, -0.2) is 9.13 Å². The number of rotatable bonds is 84. The lowest BCUT2D eigenvalue weighted by Gasteiger charge is -2.21.